The Hall–Kier alpha value is -1.65. The van der Waals surface area contributed by atoms with Crippen molar-refractivity contribution in [1.82, 2.24) is 10.3 Å². The highest BCUT2D eigenvalue weighted by Gasteiger charge is 2.20. The maximum absolute atomic E-state index is 13.6. The minimum atomic E-state index is -0.360. The first-order valence-electron chi connectivity index (χ1n) is 6.96. The molecule has 0 amide bonds. The molecule has 0 atom stereocenters. The van der Waals surface area contributed by atoms with Crippen molar-refractivity contribution in [1.29, 1.82) is 0 Å². The molecule has 3 rings (SSSR count). The lowest BCUT2D eigenvalue weighted by Crippen LogP contribution is -2.16. The van der Waals surface area contributed by atoms with Gasteiger partial charge in [0, 0.05) is 23.2 Å². The summed E-state index contributed by atoms with van der Waals surface area (Å²) in [7, 11) is 0. The third-order valence-corrected chi connectivity index (χ3v) is 3.59. The fourth-order valence-electron chi connectivity index (χ4n) is 1.94. The van der Waals surface area contributed by atoms with Crippen LogP contribution in [0.5, 0.6) is 5.75 Å². The first-order chi connectivity index (χ1) is 10.2. The van der Waals surface area contributed by atoms with Crippen LogP contribution < -0.4 is 10.1 Å². The van der Waals surface area contributed by atoms with Crippen LogP contribution in [-0.2, 0) is 13.2 Å². The lowest BCUT2D eigenvalue weighted by Gasteiger charge is -2.08. The SMILES string of the molecule is Fc1cc(Cl)ccc1COc1ccc(CNC2CC2)nc1. The molecule has 5 heteroatoms. The van der Waals surface area contributed by atoms with Crippen molar-refractivity contribution in [3.63, 3.8) is 0 Å². The van der Waals surface area contributed by atoms with Crippen molar-refractivity contribution in [2.24, 2.45) is 0 Å². The summed E-state index contributed by atoms with van der Waals surface area (Å²) in [4.78, 5) is 4.32. The maximum atomic E-state index is 13.6. The van der Waals surface area contributed by atoms with Gasteiger partial charge in [0.1, 0.15) is 18.2 Å². The van der Waals surface area contributed by atoms with Gasteiger partial charge >= 0.3 is 0 Å². The fraction of sp³-hybridized carbons (Fsp3) is 0.312. The Balaban J connectivity index is 1.54. The van der Waals surface area contributed by atoms with Gasteiger partial charge < -0.3 is 10.1 Å². The van der Waals surface area contributed by atoms with Crippen molar-refractivity contribution in [2.45, 2.75) is 32.0 Å². The van der Waals surface area contributed by atoms with Gasteiger partial charge in [0.15, 0.2) is 0 Å². The van der Waals surface area contributed by atoms with Crippen LogP contribution in [0, 0.1) is 5.82 Å². The van der Waals surface area contributed by atoms with Gasteiger partial charge in [-0.1, -0.05) is 17.7 Å². The Morgan fingerprint density at radius 2 is 2.14 bits per heavy atom. The third kappa shape index (κ3) is 4.16. The van der Waals surface area contributed by atoms with Crippen molar-refractivity contribution in [3.8, 4) is 5.75 Å². The van der Waals surface area contributed by atoms with Crippen LogP contribution in [0.4, 0.5) is 4.39 Å². The number of aromatic nitrogens is 1. The number of benzene rings is 1. The predicted molar refractivity (Wildman–Crippen MR) is 79.8 cm³/mol. The van der Waals surface area contributed by atoms with E-state index in [0.29, 0.717) is 22.4 Å². The number of hydrogen-bond donors (Lipinski definition) is 1. The molecule has 21 heavy (non-hydrogen) atoms. The van der Waals surface area contributed by atoms with E-state index in [0.717, 1.165) is 12.2 Å². The van der Waals surface area contributed by atoms with Crippen LogP contribution in [0.1, 0.15) is 24.1 Å². The van der Waals surface area contributed by atoms with Gasteiger partial charge in [-0.2, -0.15) is 0 Å². The topological polar surface area (TPSA) is 34.1 Å². The highest BCUT2D eigenvalue weighted by Crippen LogP contribution is 2.20. The summed E-state index contributed by atoms with van der Waals surface area (Å²) in [6.07, 6.45) is 4.18. The van der Waals surface area contributed by atoms with Crippen molar-refractivity contribution in [2.75, 3.05) is 0 Å². The number of ether oxygens (including phenoxy) is 1. The van der Waals surface area contributed by atoms with E-state index >= 15 is 0 Å². The van der Waals surface area contributed by atoms with Gasteiger partial charge in [0.2, 0.25) is 0 Å². The number of hydrogen-bond acceptors (Lipinski definition) is 3. The molecule has 2 aromatic rings. The number of halogens is 2. The Kier molecular flexibility index (Phi) is 4.36. The quantitative estimate of drug-likeness (QED) is 0.883. The second kappa shape index (κ2) is 6.41. The van der Waals surface area contributed by atoms with Gasteiger partial charge in [-0.15, -0.1) is 0 Å². The second-order valence-electron chi connectivity index (χ2n) is 5.16. The van der Waals surface area contributed by atoms with Gasteiger partial charge in [-0.25, -0.2) is 4.39 Å². The van der Waals surface area contributed by atoms with Crippen molar-refractivity contribution >= 4 is 11.6 Å². The summed E-state index contributed by atoms with van der Waals surface area (Å²) in [6, 6.07) is 8.99. The molecule has 1 aromatic heterocycles. The van der Waals surface area contributed by atoms with E-state index in [2.05, 4.69) is 10.3 Å². The average molecular weight is 307 g/mol. The molecule has 110 valence electrons. The molecular formula is C16H16ClFN2O. The fourth-order valence-corrected chi connectivity index (χ4v) is 2.10. The van der Waals surface area contributed by atoms with Crippen molar-refractivity contribution in [3.05, 3.63) is 58.6 Å². The Labute approximate surface area is 128 Å². The molecule has 1 heterocycles. The molecule has 0 bridgehead atoms. The van der Waals surface area contributed by atoms with Crippen LogP contribution in [0.15, 0.2) is 36.5 Å². The molecule has 0 spiro atoms. The van der Waals surface area contributed by atoms with Crippen molar-refractivity contribution < 1.29 is 9.13 Å². The molecule has 3 nitrogen and oxygen atoms in total. The molecule has 1 aliphatic carbocycles. The van der Waals surface area contributed by atoms with Gasteiger partial charge in [0.05, 0.1) is 11.9 Å². The van der Waals surface area contributed by atoms with E-state index in [1.54, 1.807) is 18.3 Å². The Bertz CT molecular complexity index is 614. The molecule has 1 saturated carbocycles. The zero-order valence-electron chi connectivity index (χ0n) is 11.5. The summed E-state index contributed by atoms with van der Waals surface area (Å²) in [6.45, 7) is 0.932. The third-order valence-electron chi connectivity index (χ3n) is 3.36. The molecule has 1 N–H and O–H groups in total. The minimum absolute atomic E-state index is 0.157. The smallest absolute Gasteiger partial charge is 0.138 e. The summed E-state index contributed by atoms with van der Waals surface area (Å²) in [5.41, 5.74) is 1.45. The van der Waals surface area contributed by atoms with E-state index in [1.807, 2.05) is 12.1 Å². The first-order valence-corrected chi connectivity index (χ1v) is 7.33. The molecule has 0 aliphatic heterocycles. The molecular weight excluding hydrogens is 291 g/mol. The molecule has 1 fully saturated rings. The number of pyridine rings is 1. The lowest BCUT2D eigenvalue weighted by molar-refractivity contribution is 0.298. The van der Waals surface area contributed by atoms with Gasteiger partial charge in [0.25, 0.3) is 0 Å². The highest BCUT2D eigenvalue weighted by molar-refractivity contribution is 6.30. The van der Waals surface area contributed by atoms with Crippen LogP contribution in [-0.4, -0.2) is 11.0 Å². The Morgan fingerprint density at radius 1 is 1.29 bits per heavy atom. The normalized spacial score (nSPS) is 14.2. The van der Waals surface area contributed by atoms with Crippen LogP contribution >= 0.6 is 11.6 Å². The monoisotopic (exact) mass is 306 g/mol. The Morgan fingerprint density at radius 3 is 2.81 bits per heavy atom. The summed E-state index contributed by atoms with van der Waals surface area (Å²) in [5.74, 6) is 0.264. The highest BCUT2D eigenvalue weighted by atomic mass is 35.5. The van der Waals surface area contributed by atoms with E-state index in [4.69, 9.17) is 16.3 Å². The molecule has 0 saturated heterocycles. The summed E-state index contributed by atoms with van der Waals surface area (Å²) < 4.78 is 19.2. The largest absolute Gasteiger partial charge is 0.487 e. The van der Waals surface area contributed by atoms with E-state index in [9.17, 15) is 4.39 Å². The van der Waals surface area contributed by atoms with E-state index in [1.165, 1.54) is 18.9 Å². The zero-order chi connectivity index (χ0) is 14.7. The maximum Gasteiger partial charge on any atom is 0.138 e. The first kappa shape index (κ1) is 14.3. The lowest BCUT2D eigenvalue weighted by atomic mass is 10.2. The average Bonchev–Trinajstić information content (AvgIpc) is 3.30. The molecule has 1 aliphatic rings. The van der Waals surface area contributed by atoms with E-state index in [-0.39, 0.29) is 12.4 Å². The number of nitrogens with one attached hydrogen (secondary N) is 1. The standard InChI is InChI=1S/C16H16ClFN2O/c17-12-2-1-11(16(18)7-12)10-21-15-6-5-14(20-9-15)8-19-13-3-4-13/h1-2,5-7,9,13,19H,3-4,8,10H2. The number of nitrogens with zero attached hydrogens (tertiary/aromatic N) is 1. The van der Waals surface area contributed by atoms with Crippen LogP contribution in [0.2, 0.25) is 5.02 Å². The molecule has 0 radical (unpaired) electrons. The summed E-state index contributed by atoms with van der Waals surface area (Å²) >= 11 is 5.71. The van der Waals surface area contributed by atoms with Crippen LogP contribution in [0.3, 0.4) is 0 Å². The molecule has 0 unspecified atom stereocenters. The van der Waals surface area contributed by atoms with Gasteiger partial charge in [-0.3, -0.25) is 4.98 Å². The zero-order valence-corrected chi connectivity index (χ0v) is 12.2. The number of rotatable bonds is 6. The van der Waals surface area contributed by atoms with Gasteiger partial charge in [-0.05, 0) is 37.1 Å². The van der Waals surface area contributed by atoms with Crippen LogP contribution in [0.25, 0.3) is 0 Å². The predicted octanol–water partition coefficient (Wildman–Crippen LogP) is 3.71. The van der Waals surface area contributed by atoms with E-state index < -0.39 is 0 Å². The minimum Gasteiger partial charge on any atom is -0.487 e. The second-order valence-corrected chi connectivity index (χ2v) is 5.60. The molecule has 1 aromatic carbocycles. The summed E-state index contributed by atoms with van der Waals surface area (Å²) in [5, 5.41) is 3.78.